The van der Waals surface area contributed by atoms with Crippen LogP contribution in [0.25, 0.3) is 5.69 Å². The van der Waals surface area contributed by atoms with E-state index in [0.717, 1.165) is 24.5 Å². The standard InChI is InChI=1S/C12H14N8S/c1-2-8-19-11(13-15-17-19)9-21-12-14-16-18-20(12)10-6-4-3-5-7-10/h3-7H,2,8-9H2,1H3. The zero-order chi connectivity index (χ0) is 14.5. The van der Waals surface area contributed by atoms with Crippen molar-refractivity contribution in [2.24, 2.45) is 0 Å². The molecule has 0 fully saturated rings. The summed E-state index contributed by atoms with van der Waals surface area (Å²) < 4.78 is 3.52. The zero-order valence-electron chi connectivity index (χ0n) is 11.5. The summed E-state index contributed by atoms with van der Waals surface area (Å²) in [5.41, 5.74) is 0.929. The predicted octanol–water partition coefficient (Wildman–Crippen LogP) is 1.35. The molecule has 0 aliphatic rings. The molecule has 0 aliphatic carbocycles. The van der Waals surface area contributed by atoms with E-state index >= 15 is 0 Å². The minimum absolute atomic E-state index is 0.625. The molecule has 0 saturated carbocycles. The Hall–Kier alpha value is -2.29. The van der Waals surface area contributed by atoms with Crippen molar-refractivity contribution < 1.29 is 0 Å². The largest absolute Gasteiger partial charge is 0.229 e. The van der Waals surface area contributed by atoms with Crippen LogP contribution in [0.2, 0.25) is 0 Å². The second-order valence-corrected chi connectivity index (χ2v) is 5.26. The summed E-state index contributed by atoms with van der Waals surface area (Å²) >= 11 is 1.51. The summed E-state index contributed by atoms with van der Waals surface area (Å²) in [6, 6.07) is 9.78. The minimum atomic E-state index is 0.625. The van der Waals surface area contributed by atoms with Gasteiger partial charge in [-0.15, -0.1) is 10.2 Å². The highest BCUT2D eigenvalue weighted by Gasteiger charge is 2.12. The molecule has 0 spiro atoms. The van der Waals surface area contributed by atoms with Gasteiger partial charge in [-0.05, 0) is 39.4 Å². The Kier molecular flexibility index (Phi) is 4.20. The number of thioether (sulfide) groups is 1. The molecule has 0 unspecified atom stereocenters. The molecule has 1 aromatic carbocycles. The van der Waals surface area contributed by atoms with E-state index in [1.807, 2.05) is 35.0 Å². The molecule has 21 heavy (non-hydrogen) atoms. The van der Waals surface area contributed by atoms with Crippen molar-refractivity contribution in [2.75, 3.05) is 0 Å². The van der Waals surface area contributed by atoms with Gasteiger partial charge >= 0.3 is 0 Å². The highest BCUT2D eigenvalue weighted by Crippen LogP contribution is 2.21. The number of aryl methyl sites for hydroxylation is 1. The van der Waals surface area contributed by atoms with Gasteiger partial charge in [-0.3, -0.25) is 0 Å². The molecule has 2 heterocycles. The fraction of sp³-hybridized carbons (Fsp3) is 0.333. The van der Waals surface area contributed by atoms with Crippen LogP contribution in [-0.4, -0.2) is 40.4 Å². The molecule has 0 bridgehead atoms. The van der Waals surface area contributed by atoms with Crippen LogP contribution in [0.1, 0.15) is 19.2 Å². The Morgan fingerprint density at radius 2 is 1.86 bits per heavy atom. The number of tetrazole rings is 2. The van der Waals surface area contributed by atoms with Crippen molar-refractivity contribution in [2.45, 2.75) is 30.8 Å². The maximum absolute atomic E-state index is 4.05. The second-order valence-electron chi connectivity index (χ2n) is 4.32. The summed E-state index contributed by atoms with van der Waals surface area (Å²) in [6.45, 7) is 2.90. The van der Waals surface area contributed by atoms with Gasteiger partial charge in [-0.1, -0.05) is 36.9 Å². The maximum Gasteiger partial charge on any atom is 0.214 e. The molecule has 0 aliphatic heterocycles. The lowest BCUT2D eigenvalue weighted by Gasteiger charge is -2.04. The van der Waals surface area contributed by atoms with E-state index in [1.165, 1.54) is 11.8 Å². The number of aromatic nitrogens is 8. The smallest absolute Gasteiger partial charge is 0.214 e. The van der Waals surface area contributed by atoms with Crippen LogP contribution >= 0.6 is 11.8 Å². The predicted molar refractivity (Wildman–Crippen MR) is 76.8 cm³/mol. The fourth-order valence-electron chi connectivity index (χ4n) is 1.84. The normalized spacial score (nSPS) is 10.9. The van der Waals surface area contributed by atoms with Crippen LogP contribution in [-0.2, 0) is 12.3 Å². The number of para-hydroxylation sites is 1. The van der Waals surface area contributed by atoms with Gasteiger partial charge < -0.3 is 0 Å². The molecule has 0 amide bonds. The van der Waals surface area contributed by atoms with E-state index in [1.54, 1.807) is 4.68 Å². The van der Waals surface area contributed by atoms with Crippen molar-refractivity contribution in [1.29, 1.82) is 0 Å². The van der Waals surface area contributed by atoms with E-state index < -0.39 is 0 Å². The molecule has 8 nitrogen and oxygen atoms in total. The Morgan fingerprint density at radius 3 is 2.67 bits per heavy atom. The van der Waals surface area contributed by atoms with Gasteiger partial charge in [0.05, 0.1) is 11.4 Å². The molecular formula is C12H14N8S. The monoisotopic (exact) mass is 302 g/mol. The summed E-state index contributed by atoms with van der Waals surface area (Å²) in [7, 11) is 0. The average molecular weight is 302 g/mol. The number of benzene rings is 1. The first-order chi connectivity index (χ1) is 10.4. The molecule has 0 atom stereocenters. The van der Waals surface area contributed by atoms with E-state index in [9.17, 15) is 0 Å². The van der Waals surface area contributed by atoms with Gasteiger partial charge in [0, 0.05) is 6.54 Å². The van der Waals surface area contributed by atoms with Crippen molar-refractivity contribution >= 4 is 11.8 Å². The fourth-order valence-corrected chi connectivity index (χ4v) is 2.66. The lowest BCUT2D eigenvalue weighted by Crippen LogP contribution is -2.05. The molecular weight excluding hydrogens is 288 g/mol. The maximum atomic E-state index is 4.05. The molecule has 0 radical (unpaired) electrons. The Bertz CT molecular complexity index is 692. The third-order valence-electron chi connectivity index (χ3n) is 2.81. The van der Waals surface area contributed by atoms with Crippen LogP contribution in [0.3, 0.4) is 0 Å². The molecule has 0 N–H and O–H groups in total. The van der Waals surface area contributed by atoms with E-state index in [2.05, 4.69) is 38.0 Å². The Labute approximate surface area is 125 Å². The van der Waals surface area contributed by atoms with Gasteiger partial charge in [0.2, 0.25) is 5.16 Å². The lowest BCUT2D eigenvalue weighted by atomic mass is 10.3. The number of hydrogen-bond donors (Lipinski definition) is 0. The second kappa shape index (κ2) is 6.44. The SMILES string of the molecule is CCCn1nnnc1CSc1nnnn1-c1ccccc1. The van der Waals surface area contributed by atoms with E-state index in [4.69, 9.17) is 0 Å². The minimum Gasteiger partial charge on any atom is -0.229 e. The Balaban J connectivity index is 1.75. The van der Waals surface area contributed by atoms with E-state index in [0.29, 0.717) is 10.9 Å². The van der Waals surface area contributed by atoms with Crippen LogP contribution in [0.5, 0.6) is 0 Å². The molecule has 108 valence electrons. The van der Waals surface area contributed by atoms with Crippen LogP contribution < -0.4 is 0 Å². The van der Waals surface area contributed by atoms with Crippen molar-refractivity contribution in [3.63, 3.8) is 0 Å². The number of nitrogens with zero attached hydrogens (tertiary/aromatic N) is 8. The van der Waals surface area contributed by atoms with Gasteiger partial charge in [-0.25, -0.2) is 4.68 Å². The lowest BCUT2D eigenvalue weighted by molar-refractivity contribution is 0.564. The van der Waals surface area contributed by atoms with Crippen LogP contribution in [0.15, 0.2) is 35.5 Å². The number of hydrogen-bond acceptors (Lipinski definition) is 7. The number of rotatable bonds is 6. The first-order valence-corrected chi connectivity index (χ1v) is 7.58. The van der Waals surface area contributed by atoms with Gasteiger partial charge in [0.25, 0.3) is 0 Å². The van der Waals surface area contributed by atoms with Gasteiger partial charge in [0.1, 0.15) is 0 Å². The van der Waals surface area contributed by atoms with Crippen molar-refractivity contribution in [3.05, 3.63) is 36.2 Å². The highest BCUT2D eigenvalue weighted by molar-refractivity contribution is 7.98. The summed E-state index contributed by atoms with van der Waals surface area (Å²) in [4.78, 5) is 0. The molecule has 2 aromatic heterocycles. The average Bonchev–Trinajstić information content (AvgIpc) is 3.15. The zero-order valence-corrected chi connectivity index (χ0v) is 12.3. The van der Waals surface area contributed by atoms with Crippen LogP contribution in [0, 0.1) is 0 Å². The molecule has 3 aromatic rings. The first kappa shape index (κ1) is 13.7. The molecule has 3 rings (SSSR count). The third-order valence-corrected chi connectivity index (χ3v) is 3.73. The Morgan fingerprint density at radius 1 is 1.05 bits per heavy atom. The van der Waals surface area contributed by atoms with Gasteiger partial charge in [0.15, 0.2) is 5.82 Å². The van der Waals surface area contributed by atoms with Crippen molar-refractivity contribution in [3.8, 4) is 5.69 Å². The van der Waals surface area contributed by atoms with Gasteiger partial charge in [-0.2, -0.15) is 4.68 Å². The van der Waals surface area contributed by atoms with Crippen LogP contribution in [0.4, 0.5) is 0 Å². The summed E-state index contributed by atoms with van der Waals surface area (Å²) in [5.74, 6) is 1.45. The molecule has 0 saturated heterocycles. The highest BCUT2D eigenvalue weighted by atomic mass is 32.2. The van der Waals surface area contributed by atoms with Crippen molar-refractivity contribution in [1.82, 2.24) is 40.4 Å². The molecule has 9 heteroatoms. The summed E-state index contributed by atoms with van der Waals surface area (Å²) in [6.07, 6.45) is 0.991. The topological polar surface area (TPSA) is 87.2 Å². The summed E-state index contributed by atoms with van der Waals surface area (Å²) in [5, 5.41) is 24.3. The van der Waals surface area contributed by atoms with E-state index in [-0.39, 0.29) is 0 Å². The third kappa shape index (κ3) is 3.07. The first-order valence-electron chi connectivity index (χ1n) is 6.60. The quantitative estimate of drug-likeness (QED) is 0.635.